The zero-order valence-corrected chi connectivity index (χ0v) is 13.0. The molecule has 2 rings (SSSR count). The van der Waals surface area contributed by atoms with Crippen molar-refractivity contribution in [2.24, 2.45) is 0 Å². The summed E-state index contributed by atoms with van der Waals surface area (Å²) in [5.41, 5.74) is 7.03. The van der Waals surface area contributed by atoms with Crippen LogP contribution in [0.25, 0.3) is 0 Å². The molecule has 0 aliphatic heterocycles. The summed E-state index contributed by atoms with van der Waals surface area (Å²) in [5, 5.41) is 2.83. The van der Waals surface area contributed by atoms with E-state index in [4.69, 9.17) is 10.5 Å². The monoisotopic (exact) mass is 311 g/mol. The summed E-state index contributed by atoms with van der Waals surface area (Å²) >= 11 is 0. The molecule has 2 aromatic rings. The molecule has 0 bridgehead atoms. The van der Waals surface area contributed by atoms with E-state index in [1.807, 2.05) is 30.3 Å². The van der Waals surface area contributed by atoms with Gasteiger partial charge in [0.1, 0.15) is 11.6 Å². The lowest BCUT2D eigenvalue weighted by Gasteiger charge is -2.09. The number of nitrogens with one attached hydrogen (secondary N) is 1. The molecule has 0 saturated heterocycles. The normalized spacial score (nSPS) is 10.1. The molecule has 5 heteroatoms. The Morgan fingerprint density at radius 3 is 3.00 bits per heavy atom. The van der Waals surface area contributed by atoms with E-state index < -0.39 is 0 Å². The van der Waals surface area contributed by atoms with Crippen LogP contribution in [0.1, 0.15) is 28.8 Å². The summed E-state index contributed by atoms with van der Waals surface area (Å²) in [6.07, 6.45) is 5.30. The third-order valence-corrected chi connectivity index (χ3v) is 3.26. The second kappa shape index (κ2) is 8.58. The number of nitrogens with two attached hydrogens (primary N) is 1. The number of pyridine rings is 1. The van der Waals surface area contributed by atoms with Gasteiger partial charge in [-0.3, -0.25) is 4.79 Å². The second-order valence-corrected chi connectivity index (χ2v) is 5.05. The number of amides is 1. The maximum absolute atomic E-state index is 12.1. The van der Waals surface area contributed by atoms with Gasteiger partial charge in [0.2, 0.25) is 0 Å². The summed E-state index contributed by atoms with van der Waals surface area (Å²) in [4.78, 5) is 16.0. The molecular weight excluding hydrogens is 290 g/mol. The van der Waals surface area contributed by atoms with Crippen molar-refractivity contribution in [1.82, 2.24) is 10.3 Å². The van der Waals surface area contributed by atoms with Gasteiger partial charge in [-0.1, -0.05) is 18.2 Å². The van der Waals surface area contributed by atoms with Crippen molar-refractivity contribution >= 4 is 11.7 Å². The Labute approximate surface area is 136 Å². The topological polar surface area (TPSA) is 77.2 Å². The third kappa shape index (κ3) is 5.14. The van der Waals surface area contributed by atoms with E-state index in [0.717, 1.165) is 24.2 Å². The molecule has 0 aliphatic carbocycles. The van der Waals surface area contributed by atoms with Gasteiger partial charge >= 0.3 is 0 Å². The van der Waals surface area contributed by atoms with Crippen molar-refractivity contribution in [1.29, 1.82) is 0 Å². The van der Waals surface area contributed by atoms with Gasteiger partial charge in [-0.2, -0.15) is 0 Å². The number of carbonyl (C=O) groups is 1. The fourth-order valence-electron chi connectivity index (χ4n) is 2.05. The highest BCUT2D eigenvalue weighted by Crippen LogP contribution is 2.14. The molecule has 0 atom stereocenters. The van der Waals surface area contributed by atoms with Gasteiger partial charge < -0.3 is 15.8 Å². The first-order valence-electron chi connectivity index (χ1n) is 7.52. The number of unbranched alkanes of at least 4 members (excludes halogenated alkanes) is 1. The molecule has 0 unspecified atom stereocenters. The number of nitrogens with zero attached hydrogens (tertiary/aromatic N) is 1. The van der Waals surface area contributed by atoms with Crippen molar-refractivity contribution in [3.05, 3.63) is 66.4 Å². The second-order valence-electron chi connectivity index (χ2n) is 5.05. The molecule has 0 fully saturated rings. The highest BCUT2D eigenvalue weighted by atomic mass is 16.5. The zero-order chi connectivity index (χ0) is 16.5. The van der Waals surface area contributed by atoms with Gasteiger partial charge in [-0.15, -0.1) is 6.58 Å². The molecule has 1 aromatic carbocycles. The lowest BCUT2D eigenvalue weighted by atomic mass is 10.2. The lowest BCUT2D eigenvalue weighted by molar-refractivity contribution is 0.0951. The lowest BCUT2D eigenvalue weighted by Crippen LogP contribution is -2.24. The highest BCUT2D eigenvalue weighted by Gasteiger charge is 2.09. The molecule has 0 radical (unpaired) electrons. The Bertz CT molecular complexity index is 671. The van der Waals surface area contributed by atoms with E-state index in [2.05, 4.69) is 16.9 Å². The van der Waals surface area contributed by atoms with Crippen molar-refractivity contribution in [2.75, 3.05) is 12.3 Å². The average Bonchev–Trinajstić information content (AvgIpc) is 2.57. The number of hydrogen-bond donors (Lipinski definition) is 2. The molecular formula is C18H21N3O2. The van der Waals surface area contributed by atoms with Gasteiger partial charge in [-0.25, -0.2) is 4.98 Å². The fourth-order valence-corrected chi connectivity index (χ4v) is 2.05. The third-order valence-electron chi connectivity index (χ3n) is 3.26. The van der Waals surface area contributed by atoms with E-state index in [1.54, 1.807) is 18.3 Å². The first-order chi connectivity index (χ1) is 11.2. The van der Waals surface area contributed by atoms with Crippen LogP contribution in [0.3, 0.4) is 0 Å². The van der Waals surface area contributed by atoms with Crippen LogP contribution < -0.4 is 15.8 Å². The van der Waals surface area contributed by atoms with Crippen LogP contribution in [0, 0.1) is 0 Å². The maximum atomic E-state index is 12.1. The van der Waals surface area contributed by atoms with Crippen molar-refractivity contribution < 1.29 is 9.53 Å². The van der Waals surface area contributed by atoms with Crippen molar-refractivity contribution in [2.45, 2.75) is 19.4 Å². The summed E-state index contributed by atoms with van der Waals surface area (Å²) in [6.45, 7) is 4.73. The van der Waals surface area contributed by atoms with Crippen LogP contribution >= 0.6 is 0 Å². The largest absolute Gasteiger partial charge is 0.494 e. The fraction of sp³-hybridized carbons (Fsp3) is 0.222. The van der Waals surface area contributed by atoms with Crippen molar-refractivity contribution in [3.63, 3.8) is 0 Å². The Hall–Kier alpha value is -2.82. The van der Waals surface area contributed by atoms with Crippen LogP contribution in [-0.2, 0) is 6.54 Å². The van der Waals surface area contributed by atoms with E-state index in [9.17, 15) is 4.79 Å². The minimum absolute atomic E-state index is 0.226. The summed E-state index contributed by atoms with van der Waals surface area (Å²) in [7, 11) is 0. The predicted molar refractivity (Wildman–Crippen MR) is 91.2 cm³/mol. The Morgan fingerprint density at radius 2 is 2.22 bits per heavy atom. The standard InChI is InChI=1S/C18H21N3O2/c1-2-3-4-11-23-15-8-5-7-14(12-15)13-21-18(22)16-9-6-10-20-17(16)19/h2,5-10,12H,1,3-4,11,13H2,(H2,19,20)(H,21,22). The summed E-state index contributed by atoms with van der Waals surface area (Å²) in [6, 6.07) is 11.0. The molecule has 5 nitrogen and oxygen atoms in total. The Balaban J connectivity index is 1.89. The number of rotatable bonds is 8. The van der Waals surface area contributed by atoms with Crippen molar-refractivity contribution in [3.8, 4) is 5.75 Å². The first-order valence-corrected chi connectivity index (χ1v) is 7.52. The summed E-state index contributed by atoms with van der Waals surface area (Å²) < 4.78 is 5.67. The van der Waals surface area contributed by atoms with Crippen LogP contribution in [0.2, 0.25) is 0 Å². The van der Waals surface area contributed by atoms with E-state index in [0.29, 0.717) is 18.7 Å². The number of ether oxygens (including phenoxy) is 1. The van der Waals surface area contributed by atoms with Gasteiger partial charge in [0, 0.05) is 12.7 Å². The van der Waals surface area contributed by atoms with Gasteiger partial charge in [0.25, 0.3) is 5.91 Å². The van der Waals surface area contributed by atoms with Crippen LogP contribution in [0.5, 0.6) is 5.75 Å². The van der Waals surface area contributed by atoms with Gasteiger partial charge in [0.05, 0.1) is 12.2 Å². The number of hydrogen-bond acceptors (Lipinski definition) is 4. The minimum atomic E-state index is -0.243. The quantitative estimate of drug-likeness (QED) is 0.580. The molecule has 1 aromatic heterocycles. The number of carbonyl (C=O) groups excluding carboxylic acids is 1. The van der Waals surface area contributed by atoms with E-state index in [1.165, 1.54) is 0 Å². The number of nitrogen functional groups attached to an aromatic ring is 1. The molecule has 1 amide bonds. The van der Waals surface area contributed by atoms with Crippen LogP contribution in [0.15, 0.2) is 55.3 Å². The number of aromatic nitrogens is 1. The Kier molecular flexibility index (Phi) is 6.17. The SMILES string of the molecule is C=CCCCOc1cccc(CNC(=O)c2cccnc2N)c1. The number of benzene rings is 1. The number of anilines is 1. The molecule has 1 heterocycles. The van der Waals surface area contributed by atoms with Crippen LogP contribution in [0.4, 0.5) is 5.82 Å². The van der Waals surface area contributed by atoms with E-state index in [-0.39, 0.29) is 11.7 Å². The van der Waals surface area contributed by atoms with E-state index >= 15 is 0 Å². The maximum Gasteiger partial charge on any atom is 0.255 e. The first kappa shape index (κ1) is 16.5. The Morgan fingerprint density at radius 1 is 1.35 bits per heavy atom. The molecule has 23 heavy (non-hydrogen) atoms. The van der Waals surface area contributed by atoms with Gasteiger partial charge in [0.15, 0.2) is 0 Å². The average molecular weight is 311 g/mol. The predicted octanol–water partition coefficient (Wildman–Crippen LogP) is 2.94. The molecule has 120 valence electrons. The molecule has 0 saturated carbocycles. The highest BCUT2D eigenvalue weighted by molar-refractivity contribution is 5.98. The zero-order valence-electron chi connectivity index (χ0n) is 13.0. The van der Waals surface area contributed by atoms with Crippen LogP contribution in [-0.4, -0.2) is 17.5 Å². The molecule has 0 aliphatic rings. The van der Waals surface area contributed by atoms with Gasteiger partial charge in [-0.05, 0) is 42.7 Å². The summed E-state index contributed by atoms with van der Waals surface area (Å²) in [5.74, 6) is 0.777. The molecule has 3 N–H and O–H groups in total. The number of allylic oxidation sites excluding steroid dienone is 1. The smallest absolute Gasteiger partial charge is 0.255 e. The minimum Gasteiger partial charge on any atom is -0.494 e. The molecule has 0 spiro atoms.